The summed E-state index contributed by atoms with van der Waals surface area (Å²) in [4.78, 5) is 39.9. The van der Waals surface area contributed by atoms with E-state index in [2.05, 4.69) is 16.0 Å². The third-order valence-electron chi connectivity index (χ3n) is 5.90. The number of anilines is 2. The van der Waals surface area contributed by atoms with Crippen LogP contribution in [0.4, 0.5) is 11.4 Å². The molecule has 7 nitrogen and oxygen atoms in total. The number of thioether (sulfide) groups is 1. The van der Waals surface area contributed by atoms with Crippen molar-refractivity contribution >= 4 is 58.5 Å². The molecule has 9 heteroatoms. The first kappa shape index (κ1) is 30.4. The number of hydrogen-bond acceptors (Lipinski definition) is 5. The summed E-state index contributed by atoms with van der Waals surface area (Å²) < 4.78 is 5.50. The van der Waals surface area contributed by atoms with Crippen LogP contribution < -0.4 is 20.7 Å². The van der Waals surface area contributed by atoms with Gasteiger partial charge in [0.1, 0.15) is 11.4 Å². The first-order chi connectivity index (χ1) is 20.3. The van der Waals surface area contributed by atoms with Gasteiger partial charge in [0.25, 0.3) is 11.8 Å². The maximum absolute atomic E-state index is 13.4. The third-order valence-corrected chi connectivity index (χ3v) is 7.23. The second-order valence-electron chi connectivity index (χ2n) is 9.12. The number of carbonyl (C=O) groups is 3. The molecule has 4 rings (SSSR count). The Labute approximate surface area is 254 Å². The van der Waals surface area contributed by atoms with E-state index in [9.17, 15) is 14.4 Å². The molecule has 0 spiro atoms. The van der Waals surface area contributed by atoms with Crippen molar-refractivity contribution in [2.45, 2.75) is 24.0 Å². The fourth-order valence-corrected chi connectivity index (χ4v) is 4.97. The van der Waals surface area contributed by atoms with Crippen LogP contribution in [0.3, 0.4) is 0 Å². The number of rotatable bonds is 11. The predicted octanol–water partition coefficient (Wildman–Crippen LogP) is 7.27. The van der Waals surface area contributed by atoms with Gasteiger partial charge in [-0.05, 0) is 86.2 Å². The molecule has 0 saturated carbocycles. The fourth-order valence-electron chi connectivity index (χ4n) is 3.85. The molecule has 0 aliphatic carbocycles. The highest BCUT2D eigenvalue weighted by Crippen LogP contribution is 2.27. The van der Waals surface area contributed by atoms with Crippen LogP contribution in [-0.4, -0.2) is 29.6 Å². The van der Waals surface area contributed by atoms with E-state index >= 15 is 0 Å². The summed E-state index contributed by atoms with van der Waals surface area (Å²) in [6, 6.07) is 30.0. The lowest BCUT2D eigenvalue weighted by Crippen LogP contribution is -2.30. The molecule has 0 bridgehead atoms. The zero-order valence-electron chi connectivity index (χ0n) is 23.1. The largest absolute Gasteiger partial charge is 0.494 e. The smallest absolute Gasteiger partial charge is 0.272 e. The Hall–Kier alpha value is -4.53. The van der Waals surface area contributed by atoms with Gasteiger partial charge in [-0.2, -0.15) is 0 Å². The standard InChI is InChI=1S/C33H30ClN3O4S/c1-3-41-28-17-15-23(16-18-28)19-30(37-32(39)24-9-5-4-6-10-24)33(40)36-27-13-8-14-29(21-27)42-22(2)31(38)35-26-12-7-11-25(34)20-26/h4-22H,3H2,1-2H3,(H,35,38)(H,36,40)(H,37,39)/b30-19+. The zero-order chi connectivity index (χ0) is 29.9. The highest BCUT2D eigenvalue weighted by atomic mass is 35.5. The number of nitrogens with one attached hydrogen (secondary N) is 3. The van der Waals surface area contributed by atoms with Crippen LogP contribution in [-0.2, 0) is 9.59 Å². The third kappa shape index (κ3) is 8.99. The monoisotopic (exact) mass is 599 g/mol. The minimum absolute atomic E-state index is 0.0698. The SMILES string of the molecule is CCOc1ccc(/C=C(/NC(=O)c2ccccc2)C(=O)Nc2cccc(SC(C)C(=O)Nc3cccc(Cl)c3)c2)cc1. The predicted molar refractivity (Wildman–Crippen MR) is 170 cm³/mol. The molecule has 0 radical (unpaired) electrons. The van der Waals surface area contributed by atoms with Crippen LogP contribution in [0.15, 0.2) is 114 Å². The van der Waals surface area contributed by atoms with E-state index in [0.29, 0.717) is 39.9 Å². The first-order valence-corrected chi connectivity index (χ1v) is 14.5. The van der Waals surface area contributed by atoms with Crippen molar-refractivity contribution < 1.29 is 19.1 Å². The van der Waals surface area contributed by atoms with Gasteiger partial charge >= 0.3 is 0 Å². The molecule has 3 N–H and O–H groups in total. The molecule has 0 saturated heterocycles. The summed E-state index contributed by atoms with van der Waals surface area (Å²) in [7, 11) is 0. The van der Waals surface area contributed by atoms with Gasteiger partial charge in [-0.25, -0.2) is 0 Å². The van der Waals surface area contributed by atoms with Gasteiger partial charge in [-0.15, -0.1) is 11.8 Å². The zero-order valence-corrected chi connectivity index (χ0v) is 24.7. The van der Waals surface area contributed by atoms with Crippen LogP contribution in [0, 0.1) is 0 Å². The lowest BCUT2D eigenvalue weighted by Gasteiger charge is -2.14. The van der Waals surface area contributed by atoms with Gasteiger partial charge < -0.3 is 20.7 Å². The second-order valence-corrected chi connectivity index (χ2v) is 11.0. The van der Waals surface area contributed by atoms with Gasteiger partial charge in [0.05, 0.1) is 11.9 Å². The molecule has 3 amide bonds. The molecule has 1 atom stereocenters. The Morgan fingerprint density at radius 3 is 2.24 bits per heavy atom. The average Bonchev–Trinajstić information content (AvgIpc) is 2.98. The van der Waals surface area contributed by atoms with Gasteiger partial charge in [0.2, 0.25) is 5.91 Å². The van der Waals surface area contributed by atoms with Crippen molar-refractivity contribution in [3.63, 3.8) is 0 Å². The summed E-state index contributed by atoms with van der Waals surface area (Å²) in [6.07, 6.45) is 1.60. The Bertz CT molecular complexity index is 1580. The number of amides is 3. The van der Waals surface area contributed by atoms with E-state index in [-0.39, 0.29) is 11.6 Å². The first-order valence-electron chi connectivity index (χ1n) is 13.3. The van der Waals surface area contributed by atoms with E-state index in [1.54, 1.807) is 104 Å². The molecule has 0 fully saturated rings. The lowest BCUT2D eigenvalue weighted by atomic mass is 10.1. The van der Waals surface area contributed by atoms with Gasteiger partial charge in [-0.1, -0.05) is 54.1 Å². The van der Waals surface area contributed by atoms with Crippen molar-refractivity contribution in [3.8, 4) is 5.75 Å². The van der Waals surface area contributed by atoms with E-state index < -0.39 is 17.1 Å². The number of benzene rings is 4. The van der Waals surface area contributed by atoms with Crippen molar-refractivity contribution in [2.75, 3.05) is 17.2 Å². The Morgan fingerprint density at radius 1 is 0.857 bits per heavy atom. The highest BCUT2D eigenvalue weighted by Gasteiger charge is 2.17. The van der Waals surface area contributed by atoms with Crippen molar-refractivity contribution in [1.29, 1.82) is 0 Å². The Kier molecular flexibility index (Phi) is 10.8. The number of carbonyl (C=O) groups excluding carboxylic acids is 3. The summed E-state index contributed by atoms with van der Waals surface area (Å²) in [5, 5.41) is 8.58. The normalized spacial score (nSPS) is 11.7. The number of halogens is 1. The molecule has 42 heavy (non-hydrogen) atoms. The number of hydrogen-bond donors (Lipinski definition) is 3. The lowest BCUT2D eigenvalue weighted by molar-refractivity contribution is -0.115. The second kappa shape index (κ2) is 14.9. The minimum atomic E-state index is -0.498. The summed E-state index contributed by atoms with van der Waals surface area (Å²) in [5.41, 5.74) is 2.33. The van der Waals surface area contributed by atoms with Crippen LogP contribution in [0.2, 0.25) is 5.02 Å². The van der Waals surface area contributed by atoms with Crippen LogP contribution in [0.5, 0.6) is 5.75 Å². The summed E-state index contributed by atoms with van der Waals surface area (Å²) >= 11 is 7.37. The van der Waals surface area contributed by atoms with E-state index in [4.69, 9.17) is 16.3 Å². The molecular formula is C33H30ClN3O4S. The maximum atomic E-state index is 13.4. The highest BCUT2D eigenvalue weighted by molar-refractivity contribution is 8.00. The van der Waals surface area contributed by atoms with Gasteiger partial charge in [0, 0.05) is 26.9 Å². The van der Waals surface area contributed by atoms with Gasteiger partial charge in [-0.3, -0.25) is 14.4 Å². The topological polar surface area (TPSA) is 96.5 Å². The molecule has 4 aromatic rings. The van der Waals surface area contributed by atoms with Gasteiger partial charge in [0.15, 0.2) is 0 Å². The molecule has 214 valence electrons. The summed E-state index contributed by atoms with van der Waals surface area (Å²) in [5.74, 6) is -0.381. The Morgan fingerprint density at radius 2 is 1.55 bits per heavy atom. The van der Waals surface area contributed by atoms with Crippen molar-refractivity contribution in [3.05, 3.63) is 125 Å². The molecule has 0 heterocycles. The Balaban J connectivity index is 1.48. The number of ether oxygens (including phenoxy) is 1. The van der Waals surface area contributed by atoms with E-state index in [0.717, 1.165) is 4.90 Å². The molecule has 1 unspecified atom stereocenters. The van der Waals surface area contributed by atoms with Crippen LogP contribution in [0.25, 0.3) is 6.08 Å². The average molecular weight is 600 g/mol. The maximum Gasteiger partial charge on any atom is 0.272 e. The van der Waals surface area contributed by atoms with Crippen LogP contribution in [0.1, 0.15) is 29.8 Å². The summed E-state index contributed by atoms with van der Waals surface area (Å²) in [6.45, 7) is 4.24. The molecule has 0 aromatic heterocycles. The van der Waals surface area contributed by atoms with E-state index in [1.165, 1.54) is 11.8 Å². The van der Waals surface area contributed by atoms with Crippen molar-refractivity contribution in [1.82, 2.24) is 5.32 Å². The fraction of sp³-hybridized carbons (Fsp3) is 0.121. The molecule has 4 aromatic carbocycles. The van der Waals surface area contributed by atoms with Crippen molar-refractivity contribution in [2.24, 2.45) is 0 Å². The molecule has 0 aliphatic rings. The molecular weight excluding hydrogens is 570 g/mol. The molecule has 0 aliphatic heterocycles. The minimum Gasteiger partial charge on any atom is -0.494 e. The van der Waals surface area contributed by atoms with E-state index in [1.807, 2.05) is 19.1 Å². The quantitative estimate of drug-likeness (QED) is 0.124. The van der Waals surface area contributed by atoms with Crippen LogP contribution >= 0.6 is 23.4 Å².